The van der Waals surface area contributed by atoms with Gasteiger partial charge in [0.15, 0.2) is 0 Å². The highest BCUT2D eigenvalue weighted by Crippen LogP contribution is 2.25. The van der Waals surface area contributed by atoms with Crippen molar-refractivity contribution in [3.63, 3.8) is 0 Å². The number of likely N-dealkylation sites (N-methyl/N-ethyl adjacent to an activating group) is 1. The van der Waals surface area contributed by atoms with E-state index in [1.54, 1.807) is 30.5 Å². The van der Waals surface area contributed by atoms with Crippen LogP contribution in [0, 0.1) is 0 Å². The number of benzene rings is 1. The lowest BCUT2D eigenvalue weighted by molar-refractivity contribution is -0.000145. The van der Waals surface area contributed by atoms with Gasteiger partial charge < -0.3 is 14.9 Å². The molecule has 1 amide bonds. The molecule has 0 bridgehead atoms. The maximum Gasteiger partial charge on any atom is 0.253 e. The van der Waals surface area contributed by atoms with Crippen LogP contribution in [0.15, 0.2) is 42.9 Å². The van der Waals surface area contributed by atoms with Crippen LogP contribution in [0.5, 0.6) is 0 Å². The van der Waals surface area contributed by atoms with E-state index < -0.39 is 5.60 Å². The molecule has 0 unspecified atom stereocenters. The maximum absolute atomic E-state index is 12.7. The second kappa shape index (κ2) is 7.83. The van der Waals surface area contributed by atoms with Crippen LogP contribution < -0.4 is 4.90 Å². The second-order valence-corrected chi connectivity index (χ2v) is 7.02. The van der Waals surface area contributed by atoms with Gasteiger partial charge in [-0.3, -0.25) is 9.78 Å². The topological polar surface area (TPSA) is 69.6 Å². The van der Waals surface area contributed by atoms with Crippen molar-refractivity contribution in [1.29, 1.82) is 0 Å². The molecule has 138 valence electrons. The van der Waals surface area contributed by atoms with Gasteiger partial charge >= 0.3 is 0 Å². The van der Waals surface area contributed by atoms with Gasteiger partial charge in [0, 0.05) is 38.1 Å². The van der Waals surface area contributed by atoms with Crippen molar-refractivity contribution in [1.82, 2.24) is 14.9 Å². The molecule has 26 heavy (non-hydrogen) atoms. The Hall–Kier alpha value is -2.47. The Bertz CT molecular complexity index is 735. The van der Waals surface area contributed by atoms with Crippen LogP contribution in [0.1, 0.15) is 35.7 Å². The molecule has 0 radical (unpaired) electrons. The van der Waals surface area contributed by atoms with E-state index in [4.69, 9.17) is 0 Å². The lowest BCUT2D eigenvalue weighted by Crippen LogP contribution is -2.54. The summed E-state index contributed by atoms with van der Waals surface area (Å²) < 4.78 is 0. The molecule has 1 aliphatic rings. The average Bonchev–Trinajstić information content (AvgIpc) is 2.68. The number of rotatable bonds is 5. The fourth-order valence-corrected chi connectivity index (χ4v) is 3.51. The molecule has 3 rings (SSSR count). The van der Waals surface area contributed by atoms with Crippen LogP contribution in [0.25, 0.3) is 0 Å². The smallest absolute Gasteiger partial charge is 0.253 e. The Morgan fingerprint density at radius 2 is 2.08 bits per heavy atom. The van der Waals surface area contributed by atoms with Crippen LogP contribution in [-0.2, 0) is 6.42 Å². The van der Waals surface area contributed by atoms with Crippen LogP contribution in [-0.4, -0.2) is 58.2 Å². The Labute approximate surface area is 154 Å². The van der Waals surface area contributed by atoms with Gasteiger partial charge in [0.2, 0.25) is 0 Å². The first-order valence-electron chi connectivity index (χ1n) is 9.08. The molecule has 1 aromatic heterocycles. The van der Waals surface area contributed by atoms with Crippen LogP contribution in [0.4, 0.5) is 5.82 Å². The second-order valence-electron chi connectivity index (χ2n) is 7.02. The predicted octanol–water partition coefficient (Wildman–Crippen LogP) is 2.14. The van der Waals surface area contributed by atoms with E-state index in [2.05, 4.69) is 16.9 Å². The number of nitrogens with zero attached hydrogens (tertiary/aromatic N) is 4. The molecule has 0 spiro atoms. The summed E-state index contributed by atoms with van der Waals surface area (Å²) in [6.45, 7) is 3.65. The summed E-state index contributed by atoms with van der Waals surface area (Å²) in [6.07, 6.45) is 7.45. The van der Waals surface area contributed by atoms with Crippen molar-refractivity contribution in [2.75, 3.05) is 31.6 Å². The molecule has 1 aliphatic heterocycles. The number of β-amino-alcohol motifs (C(OH)–C–C–N with tert-alkyl or cyclic N) is 1. The highest BCUT2D eigenvalue weighted by atomic mass is 16.3. The van der Waals surface area contributed by atoms with Crippen LogP contribution >= 0.6 is 0 Å². The molecule has 0 saturated carbocycles. The van der Waals surface area contributed by atoms with Crippen molar-refractivity contribution in [2.24, 2.45) is 0 Å². The molecule has 1 aromatic carbocycles. The lowest BCUT2D eigenvalue weighted by atomic mass is 9.92. The molecule has 6 heteroatoms. The molecule has 2 heterocycles. The minimum atomic E-state index is -0.955. The van der Waals surface area contributed by atoms with Gasteiger partial charge in [0.1, 0.15) is 5.82 Å². The quantitative estimate of drug-likeness (QED) is 0.891. The van der Waals surface area contributed by atoms with E-state index in [9.17, 15) is 9.90 Å². The van der Waals surface area contributed by atoms with Crippen molar-refractivity contribution >= 4 is 11.7 Å². The number of amides is 1. The normalized spacial score (nSPS) is 20.0. The minimum absolute atomic E-state index is 0.0716. The number of anilines is 1. The van der Waals surface area contributed by atoms with E-state index in [0.29, 0.717) is 18.5 Å². The van der Waals surface area contributed by atoms with E-state index in [-0.39, 0.29) is 12.5 Å². The first kappa shape index (κ1) is 18.3. The van der Waals surface area contributed by atoms with E-state index >= 15 is 0 Å². The predicted molar refractivity (Wildman–Crippen MR) is 101 cm³/mol. The molecular formula is C20H26N4O2. The highest BCUT2D eigenvalue weighted by Gasteiger charge is 2.36. The number of aliphatic hydroxyl groups is 1. The fourth-order valence-electron chi connectivity index (χ4n) is 3.51. The molecule has 1 atom stereocenters. The third-order valence-electron chi connectivity index (χ3n) is 4.92. The van der Waals surface area contributed by atoms with E-state index in [1.165, 1.54) is 5.56 Å². The van der Waals surface area contributed by atoms with Gasteiger partial charge in [-0.25, -0.2) is 4.98 Å². The monoisotopic (exact) mass is 354 g/mol. The summed E-state index contributed by atoms with van der Waals surface area (Å²) in [6, 6.07) is 7.67. The fraction of sp³-hybridized carbons (Fsp3) is 0.450. The number of carbonyl (C=O) groups is 1. The molecule has 1 N–H and O–H groups in total. The summed E-state index contributed by atoms with van der Waals surface area (Å²) >= 11 is 0. The summed E-state index contributed by atoms with van der Waals surface area (Å²) in [4.78, 5) is 24.8. The summed E-state index contributed by atoms with van der Waals surface area (Å²) in [5.41, 5.74) is 0.897. The number of hydrogen-bond acceptors (Lipinski definition) is 5. The van der Waals surface area contributed by atoms with Gasteiger partial charge in [0.25, 0.3) is 5.91 Å². The largest absolute Gasteiger partial charge is 0.386 e. The van der Waals surface area contributed by atoms with Crippen molar-refractivity contribution < 1.29 is 9.90 Å². The van der Waals surface area contributed by atoms with Crippen LogP contribution in [0.2, 0.25) is 0 Å². The number of carbonyl (C=O) groups excluding carboxylic acids is 1. The van der Waals surface area contributed by atoms with Crippen molar-refractivity contribution in [3.8, 4) is 0 Å². The first-order valence-corrected chi connectivity index (χ1v) is 9.08. The zero-order chi connectivity index (χ0) is 18.6. The lowest BCUT2D eigenvalue weighted by Gasteiger charge is -2.41. The Balaban J connectivity index is 1.66. The molecular weight excluding hydrogens is 328 g/mol. The van der Waals surface area contributed by atoms with Gasteiger partial charge in [-0.2, -0.15) is 0 Å². The van der Waals surface area contributed by atoms with Crippen molar-refractivity contribution in [3.05, 3.63) is 54.0 Å². The number of hydrogen-bond donors (Lipinski definition) is 1. The molecule has 0 aliphatic carbocycles. The Morgan fingerprint density at radius 3 is 2.73 bits per heavy atom. The minimum Gasteiger partial charge on any atom is -0.386 e. The SMILES string of the molecule is CCc1ccc(C(=O)N(C)C[C@@]2(O)CCCN(c3cnccn3)C2)cc1. The Morgan fingerprint density at radius 1 is 1.31 bits per heavy atom. The molecule has 1 saturated heterocycles. The number of aryl methyl sites for hydroxylation is 1. The van der Waals surface area contributed by atoms with Gasteiger partial charge in [-0.05, 0) is 37.0 Å². The summed E-state index contributed by atoms with van der Waals surface area (Å²) in [7, 11) is 1.75. The van der Waals surface area contributed by atoms with Crippen molar-refractivity contribution in [2.45, 2.75) is 31.8 Å². The third kappa shape index (κ3) is 4.19. The first-order chi connectivity index (χ1) is 12.5. The zero-order valence-corrected chi connectivity index (χ0v) is 15.4. The van der Waals surface area contributed by atoms with Gasteiger partial charge in [-0.15, -0.1) is 0 Å². The average molecular weight is 354 g/mol. The highest BCUT2D eigenvalue weighted by molar-refractivity contribution is 5.94. The van der Waals surface area contributed by atoms with E-state index in [0.717, 1.165) is 25.2 Å². The molecule has 6 nitrogen and oxygen atoms in total. The van der Waals surface area contributed by atoms with E-state index in [1.807, 2.05) is 29.2 Å². The standard InChI is InChI=1S/C20H26N4O2/c1-3-16-5-7-17(8-6-16)19(25)23(2)14-20(26)9-4-12-24(15-20)18-13-21-10-11-22-18/h5-8,10-11,13,26H,3-4,9,12,14-15H2,1-2H3/t20-/m0/s1. The van der Waals surface area contributed by atoms with Crippen LogP contribution in [0.3, 0.4) is 0 Å². The molecule has 2 aromatic rings. The van der Waals surface area contributed by atoms with Gasteiger partial charge in [-0.1, -0.05) is 19.1 Å². The summed E-state index contributed by atoms with van der Waals surface area (Å²) in [5.74, 6) is 0.687. The third-order valence-corrected chi connectivity index (χ3v) is 4.92. The number of piperidine rings is 1. The Kier molecular flexibility index (Phi) is 5.52. The summed E-state index contributed by atoms with van der Waals surface area (Å²) in [5, 5.41) is 11.1. The number of aromatic nitrogens is 2. The van der Waals surface area contributed by atoms with Gasteiger partial charge in [0.05, 0.1) is 18.3 Å². The zero-order valence-electron chi connectivity index (χ0n) is 15.4. The molecule has 1 fully saturated rings. The maximum atomic E-state index is 12.7.